The third kappa shape index (κ3) is 2.70. The first-order valence-electron chi connectivity index (χ1n) is 5.19. The van der Waals surface area contributed by atoms with Gasteiger partial charge in [0.2, 0.25) is 11.8 Å². The zero-order valence-electron chi connectivity index (χ0n) is 9.54. The maximum atomic E-state index is 11.0. The van der Waals surface area contributed by atoms with Gasteiger partial charge < -0.3 is 10.5 Å². The number of aromatic nitrogens is 1. The van der Waals surface area contributed by atoms with Crippen LogP contribution in [0.4, 0.5) is 5.69 Å². The lowest BCUT2D eigenvalue weighted by atomic mass is 10.2. The van der Waals surface area contributed by atoms with Gasteiger partial charge in [-0.25, -0.2) is 4.98 Å². The molecule has 1 aromatic carbocycles. The van der Waals surface area contributed by atoms with E-state index in [-0.39, 0.29) is 0 Å². The minimum Gasteiger partial charge on any atom is -0.439 e. The quantitative estimate of drug-likeness (QED) is 0.834. The SMILES string of the molecule is C=Nc1ccc(Oc2cc(C(N)=O)ccn2)cc1. The minimum atomic E-state index is -0.520. The molecule has 0 fully saturated rings. The van der Waals surface area contributed by atoms with Gasteiger partial charge in [-0.15, -0.1) is 0 Å². The number of amides is 1. The van der Waals surface area contributed by atoms with Gasteiger partial charge in [-0.05, 0) is 37.0 Å². The van der Waals surface area contributed by atoms with Crippen molar-refractivity contribution in [2.75, 3.05) is 0 Å². The lowest BCUT2D eigenvalue weighted by Gasteiger charge is -2.05. The summed E-state index contributed by atoms with van der Waals surface area (Å²) in [6, 6.07) is 10.0. The molecule has 0 spiro atoms. The van der Waals surface area contributed by atoms with Crippen LogP contribution in [0.2, 0.25) is 0 Å². The number of nitrogens with zero attached hydrogens (tertiary/aromatic N) is 2. The van der Waals surface area contributed by atoms with E-state index in [4.69, 9.17) is 10.5 Å². The van der Waals surface area contributed by atoms with Crippen molar-refractivity contribution in [2.24, 2.45) is 10.7 Å². The fraction of sp³-hybridized carbons (Fsp3) is 0. The van der Waals surface area contributed by atoms with Gasteiger partial charge in [-0.3, -0.25) is 9.79 Å². The van der Waals surface area contributed by atoms with E-state index in [1.165, 1.54) is 18.3 Å². The zero-order chi connectivity index (χ0) is 13.0. The average molecular weight is 241 g/mol. The topological polar surface area (TPSA) is 77.6 Å². The van der Waals surface area contributed by atoms with Gasteiger partial charge in [0.1, 0.15) is 5.75 Å². The fourth-order valence-electron chi connectivity index (χ4n) is 1.36. The summed E-state index contributed by atoms with van der Waals surface area (Å²) in [4.78, 5) is 18.8. The van der Waals surface area contributed by atoms with Crippen LogP contribution in [0.3, 0.4) is 0 Å². The van der Waals surface area contributed by atoms with Crippen molar-refractivity contribution in [3.8, 4) is 11.6 Å². The van der Waals surface area contributed by atoms with Crippen LogP contribution in [-0.2, 0) is 0 Å². The molecule has 0 unspecified atom stereocenters. The molecule has 18 heavy (non-hydrogen) atoms. The predicted molar refractivity (Wildman–Crippen MR) is 68.5 cm³/mol. The summed E-state index contributed by atoms with van der Waals surface area (Å²) in [5.74, 6) is 0.385. The molecule has 1 aromatic heterocycles. The van der Waals surface area contributed by atoms with E-state index in [1.54, 1.807) is 24.3 Å². The van der Waals surface area contributed by atoms with Crippen molar-refractivity contribution in [2.45, 2.75) is 0 Å². The highest BCUT2D eigenvalue weighted by Gasteiger charge is 2.04. The number of pyridine rings is 1. The highest BCUT2D eigenvalue weighted by atomic mass is 16.5. The van der Waals surface area contributed by atoms with Crippen LogP contribution >= 0.6 is 0 Å². The maximum Gasteiger partial charge on any atom is 0.248 e. The Balaban J connectivity index is 2.19. The number of carbonyl (C=O) groups is 1. The molecule has 2 aromatic rings. The summed E-state index contributed by atoms with van der Waals surface area (Å²) in [6.07, 6.45) is 1.47. The molecular formula is C13H11N3O2. The molecular weight excluding hydrogens is 230 g/mol. The van der Waals surface area contributed by atoms with E-state index >= 15 is 0 Å². The Morgan fingerprint density at radius 3 is 2.61 bits per heavy atom. The monoisotopic (exact) mass is 241 g/mol. The Bertz CT molecular complexity index is 579. The highest BCUT2D eigenvalue weighted by Crippen LogP contribution is 2.22. The number of ether oxygens (including phenoxy) is 1. The summed E-state index contributed by atoms with van der Waals surface area (Å²) in [6.45, 7) is 3.42. The lowest BCUT2D eigenvalue weighted by molar-refractivity contribution is 0.1000. The van der Waals surface area contributed by atoms with Crippen molar-refractivity contribution < 1.29 is 9.53 Å². The number of aliphatic imine (C=N–C) groups is 1. The van der Waals surface area contributed by atoms with Gasteiger partial charge in [0, 0.05) is 17.8 Å². The van der Waals surface area contributed by atoms with E-state index in [2.05, 4.69) is 16.7 Å². The molecule has 2 rings (SSSR count). The van der Waals surface area contributed by atoms with E-state index in [1.807, 2.05) is 0 Å². The molecule has 5 nitrogen and oxygen atoms in total. The molecule has 5 heteroatoms. The third-order valence-corrected chi connectivity index (χ3v) is 2.26. The second-order valence-electron chi connectivity index (χ2n) is 3.50. The first-order valence-corrected chi connectivity index (χ1v) is 5.19. The van der Waals surface area contributed by atoms with Crippen molar-refractivity contribution in [1.29, 1.82) is 0 Å². The number of rotatable bonds is 4. The number of carbonyl (C=O) groups excluding carboxylic acids is 1. The molecule has 0 aliphatic heterocycles. The minimum absolute atomic E-state index is 0.311. The van der Waals surface area contributed by atoms with Crippen LogP contribution in [0.5, 0.6) is 11.6 Å². The second kappa shape index (κ2) is 5.09. The van der Waals surface area contributed by atoms with E-state index in [0.717, 1.165) is 5.69 Å². The van der Waals surface area contributed by atoms with Gasteiger partial charge in [0.05, 0.1) is 5.69 Å². The molecule has 0 saturated heterocycles. The molecule has 0 bridgehead atoms. The molecule has 90 valence electrons. The molecule has 1 heterocycles. The first-order chi connectivity index (χ1) is 8.69. The van der Waals surface area contributed by atoms with Crippen LogP contribution in [0.15, 0.2) is 47.6 Å². The number of primary amides is 1. The van der Waals surface area contributed by atoms with Gasteiger partial charge in [-0.1, -0.05) is 0 Å². The van der Waals surface area contributed by atoms with Crippen molar-refractivity contribution >= 4 is 18.3 Å². The third-order valence-electron chi connectivity index (χ3n) is 2.26. The van der Waals surface area contributed by atoms with Crippen molar-refractivity contribution in [3.05, 3.63) is 48.2 Å². The summed E-state index contributed by atoms with van der Waals surface area (Å²) in [5, 5.41) is 0. The number of hydrogen-bond donors (Lipinski definition) is 1. The van der Waals surface area contributed by atoms with Crippen LogP contribution in [0.25, 0.3) is 0 Å². The predicted octanol–water partition coefficient (Wildman–Crippen LogP) is 2.30. The number of hydrogen-bond acceptors (Lipinski definition) is 4. The molecule has 0 atom stereocenters. The average Bonchev–Trinajstić information content (AvgIpc) is 2.40. The van der Waals surface area contributed by atoms with Crippen LogP contribution in [-0.4, -0.2) is 17.6 Å². The Labute approximate surface area is 104 Å². The molecule has 0 aliphatic rings. The fourth-order valence-corrected chi connectivity index (χ4v) is 1.36. The van der Waals surface area contributed by atoms with Crippen LogP contribution in [0.1, 0.15) is 10.4 Å². The molecule has 0 aliphatic carbocycles. The zero-order valence-corrected chi connectivity index (χ0v) is 9.54. The normalized spacial score (nSPS) is 9.78. The van der Waals surface area contributed by atoms with Gasteiger partial charge in [0.25, 0.3) is 0 Å². The van der Waals surface area contributed by atoms with E-state index < -0.39 is 5.91 Å². The standard InChI is InChI=1S/C13H11N3O2/c1-15-10-2-4-11(5-3-10)18-12-8-9(13(14)17)6-7-16-12/h2-8H,1H2,(H2,14,17). The van der Waals surface area contributed by atoms with Crippen molar-refractivity contribution in [1.82, 2.24) is 4.98 Å². The first kappa shape index (κ1) is 11.8. The van der Waals surface area contributed by atoms with E-state index in [0.29, 0.717) is 17.2 Å². The maximum absolute atomic E-state index is 11.0. The number of nitrogens with two attached hydrogens (primary N) is 1. The van der Waals surface area contributed by atoms with Gasteiger partial charge in [0.15, 0.2) is 0 Å². The van der Waals surface area contributed by atoms with Crippen LogP contribution in [0, 0.1) is 0 Å². The Kier molecular flexibility index (Phi) is 3.33. The summed E-state index contributed by atoms with van der Waals surface area (Å²) in [5.41, 5.74) is 6.27. The summed E-state index contributed by atoms with van der Waals surface area (Å²) < 4.78 is 5.49. The molecule has 0 radical (unpaired) electrons. The highest BCUT2D eigenvalue weighted by molar-refractivity contribution is 5.92. The van der Waals surface area contributed by atoms with Crippen molar-refractivity contribution in [3.63, 3.8) is 0 Å². The number of benzene rings is 1. The summed E-state index contributed by atoms with van der Waals surface area (Å²) in [7, 11) is 0. The Morgan fingerprint density at radius 2 is 2.00 bits per heavy atom. The molecule has 2 N–H and O–H groups in total. The molecule has 0 saturated carbocycles. The lowest BCUT2D eigenvalue weighted by Crippen LogP contribution is -2.10. The second-order valence-corrected chi connectivity index (χ2v) is 3.50. The smallest absolute Gasteiger partial charge is 0.248 e. The molecule has 1 amide bonds. The Morgan fingerprint density at radius 1 is 1.28 bits per heavy atom. The van der Waals surface area contributed by atoms with Gasteiger partial charge >= 0.3 is 0 Å². The largest absolute Gasteiger partial charge is 0.439 e. The Hall–Kier alpha value is -2.69. The van der Waals surface area contributed by atoms with E-state index in [9.17, 15) is 4.79 Å². The van der Waals surface area contributed by atoms with Crippen LogP contribution < -0.4 is 10.5 Å². The summed E-state index contributed by atoms with van der Waals surface area (Å²) >= 11 is 0. The van der Waals surface area contributed by atoms with Gasteiger partial charge in [-0.2, -0.15) is 0 Å².